The first kappa shape index (κ1) is 12.7. The Bertz CT molecular complexity index is 136. The summed E-state index contributed by atoms with van der Waals surface area (Å²) in [6.45, 7) is 1.74. The van der Waals surface area contributed by atoms with Gasteiger partial charge in [0.25, 0.3) is 0 Å². The first-order valence-corrected chi connectivity index (χ1v) is 4.56. The van der Waals surface area contributed by atoms with Gasteiger partial charge in [0.1, 0.15) is 0 Å². The van der Waals surface area contributed by atoms with Gasteiger partial charge in [0, 0.05) is 0 Å². The van der Waals surface area contributed by atoms with E-state index in [1.165, 1.54) is 0 Å². The van der Waals surface area contributed by atoms with Crippen molar-refractivity contribution in [2.75, 3.05) is 0 Å². The summed E-state index contributed by atoms with van der Waals surface area (Å²) in [5, 5.41) is 1.12. The summed E-state index contributed by atoms with van der Waals surface area (Å²) in [5.41, 5.74) is 5.65. The molecule has 0 spiro atoms. The average molecular weight is 226 g/mol. The van der Waals surface area contributed by atoms with Gasteiger partial charge < -0.3 is 0 Å². The maximum absolute atomic E-state index is 10.4. The van der Waals surface area contributed by atoms with Crippen LogP contribution in [0.15, 0.2) is 11.6 Å². The molecule has 0 aromatic rings. The second-order valence-electron chi connectivity index (χ2n) is 1.83. The fourth-order valence-electron chi connectivity index (χ4n) is 0.400. The molecule has 0 saturated carbocycles. The van der Waals surface area contributed by atoms with Crippen molar-refractivity contribution in [2.24, 2.45) is 5.73 Å². The van der Waals surface area contributed by atoms with E-state index in [0.29, 0.717) is 5.57 Å². The van der Waals surface area contributed by atoms with Crippen LogP contribution in [-0.2, 0) is 4.79 Å². The van der Waals surface area contributed by atoms with Crippen molar-refractivity contribution in [1.29, 1.82) is 0 Å². The number of hydrogen-bond donors (Lipinski definition) is 1. The van der Waals surface area contributed by atoms with Crippen molar-refractivity contribution in [2.45, 2.75) is 18.6 Å². The summed E-state index contributed by atoms with van der Waals surface area (Å²) in [6.07, 6.45) is 2.85. The van der Waals surface area contributed by atoms with Crippen LogP contribution in [0.1, 0.15) is 13.3 Å². The summed E-state index contributed by atoms with van der Waals surface area (Å²) in [5.74, 6) is -0.309. The molecule has 0 aliphatic rings. The molecule has 1 amide bonds. The van der Waals surface area contributed by atoms with E-state index in [1.807, 2.05) is 6.08 Å². The third kappa shape index (κ3) is 6.18. The van der Waals surface area contributed by atoms with E-state index in [-0.39, 0.29) is 18.3 Å². The zero-order chi connectivity index (χ0) is 7.28. The molecule has 0 bridgehead atoms. The fourth-order valence-corrected chi connectivity index (χ4v) is 0.750. The minimum absolute atomic E-state index is 0. The molecular weight excluding hydrogens is 212 g/mol. The van der Waals surface area contributed by atoms with Crippen LogP contribution < -0.4 is 5.73 Å². The van der Waals surface area contributed by atoms with E-state index in [4.69, 9.17) is 5.73 Å². The summed E-state index contributed by atoms with van der Waals surface area (Å²) >= 11 is 1.67. The van der Waals surface area contributed by atoms with Gasteiger partial charge in [-0.2, -0.15) is 0 Å². The van der Waals surface area contributed by atoms with Crippen LogP contribution in [0.5, 0.6) is 0 Å². The molecule has 2 nitrogen and oxygen atoms in total. The van der Waals surface area contributed by atoms with Crippen molar-refractivity contribution in [3.63, 3.8) is 0 Å². The van der Waals surface area contributed by atoms with Gasteiger partial charge >= 0.3 is 63.5 Å². The predicted molar refractivity (Wildman–Crippen MR) is 48.2 cm³/mol. The number of amides is 1. The zero-order valence-corrected chi connectivity index (χ0v) is 9.20. The van der Waals surface area contributed by atoms with Crippen molar-refractivity contribution in [3.8, 4) is 0 Å². The molecule has 0 fully saturated rings. The molecule has 1 atom stereocenters. The Morgan fingerprint density at radius 3 is 2.50 bits per heavy atom. The molecule has 0 aliphatic heterocycles. The normalized spacial score (nSPS) is 10.4. The van der Waals surface area contributed by atoms with Crippen LogP contribution in [0.3, 0.4) is 0 Å². The molecule has 0 aromatic heterocycles. The van der Waals surface area contributed by atoms with Crippen LogP contribution in [0.25, 0.3) is 0 Å². The Labute approximate surface area is 76.1 Å². The quantitative estimate of drug-likeness (QED) is 0.544. The number of carbonyl (C=O) groups is 1. The van der Waals surface area contributed by atoms with Crippen molar-refractivity contribution < 1.29 is 4.79 Å². The minimum Gasteiger partial charge on any atom is -0.147 e. The van der Waals surface area contributed by atoms with Gasteiger partial charge in [0.2, 0.25) is 0 Å². The van der Waals surface area contributed by atoms with Crippen molar-refractivity contribution >= 4 is 35.2 Å². The van der Waals surface area contributed by atoms with E-state index in [1.54, 1.807) is 23.8 Å². The second kappa shape index (κ2) is 7.17. The molecule has 0 radical (unpaired) electrons. The van der Waals surface area contributed by atoms with E-state index >= 15 is 0 Å². The van der Waals surface area contributed by atoms with E-state index < -0.39 is 0 Å². The number of carbonyl (C=O) groups excluding carboxylic acids is 1. The largest absolute Gasteiger partial charge is 0.147 e. The molecule has 0 saturated heterocycles. The van der Waals surface area contributed by atoms with Crippen molar-refractivity contribution in [3.05, 3.63) is 11.6 Å². The van der Waals surface area contributed by atoms with Gasteiger partial charge in [-0.1, -0.05) is 0 Å². The molecule has 1 unspecified atom stereocenters. The third-order valence-corrected chi connectivity index (χ3v) is 1.71. The van der Waals surface area contributed by atoms with E-state index in [2.05, 4.69) is 0 Å². The van der Waals surface area contributed by atoms with Crippen LogP contribution in [0.4, 0.5) is 0 Å². The van der Waals surface area contributed by atoms with Crippen molar-refractivity contribution in [1.82, 2.24) is 0 Å². The van der Waals surface area contributed by atoms with Gasteiger partial charge in [0.15, 0.2) is 0 Å². The van der Waals surface area contributed by atoms with Gasteiger partial charge in [-0.25, -0.2) is 0 Å². The smallest absolute Gasteiger partial charge is 0.147 e. The number of hydrogen-bond acceptors (Lipinski definition) is 1. The Kier molecular flexibility index (Phi) is 9.11. The zero-order valence-electron chi connectivity index (χ0n) is 5.96. The number of primary amides is 1. The topological polar surface area (TPSA) is 43.1 Å². The summed E-state index contributed by atoms with van der Waals surface area (Å²) in [6, 6.07) is 0. The van der Waals surface area contributed by atoms with E-state index in [9.17, 15) is 4.79 Å². The Morgan fingerprint density at radius 2 is 2.20 bits per heavy atom. The maximum Gasteiger partial charge on any atom is -0.147 e. The van der Waals surface area contributed by atoms with Crippen LogP contribution in [-0.4, -0.2) is 22.8 Å². The molecule has 0 aromatic carbocycles. The number of rotatable bonds is 3. The standard InChI is InChI=1S/C6H12AsNO.ClH/c1-5(6(8)9)3-2-4-7;/h3H,2,4,7H2,1H3,(H2,8,9);1H. The second-order valence-corrected chi connectivity index (χ2v) is 3.04. The summed E-state index contributed by atoms with van der Waals surface area (Å²) in [4.78, 5) is 10.4. The van der Waals surface area contributed by atoms with Gasteiger partial charge in [-0.3, -0.25) is 0 Å². The Balaban J connectivity index is 0. The molecule has 0 heterocycles. The average Bonchev–Trinajstić information content (AvgIpc) is 1.82. The predicted octanol–water partition coefficient (Wildman–Crippen LogP) is 0.281. The van der Waals surface area contributed by atoms with Crippen LogP contribution in [0, 0.1) is 0 Å². The molecular formula is C6H13AsClNO. The molecule has 4 heteroatoms. The summed E-state index contributed by atoms with van der Waals surface area (Å²) in [7, 11) is 0. The first-order chi connectivity index (χ1) is 4.18. The molecule has 0 rings (SSSR count). The van der Waals surface area contributed by atoms with Gasteiger partial charge in [0.05, 0.1) is 0 Å². The van der Waals surface area contributed by atoms with E-state index in [0.717, 1.165) is 11.6 Å². The molecule has 10 heavy (non-hydrogen) atoms. The van der Waals surface area contributed by atoms with Gasteiger partial charge in [-0.05, 0) is 0 Å². The minimum atomic E-state index is -0.309. The SMILES string of the molecule is CC(=CCC[AsH2])C(N)=O.Cl. The van der Waals surface area contributed by atoms with Crippen LogP contribution >= 0.6 is 12.4 Å². The molecule has 0 aliphatic carbocycles. The third-order valence-electron chi connectivity index (χ3n) is 1.01. The Hall–Kier alpha value is 0.0584. The Morgan fingerprint density at radius 1 is 1.70 bits per heavy atom. The number of halogens is 1. The van der Waals surface area contributed by atoms with Crippen LogP contribution in [0.2, 0.25) is 5.21 Å². The number of allylic oxidation sites excluding steroid dienone is 1. The molecule has 2 N–H and O–H groups in total. The summed E-state index contributed by atoms with van der Waals surface area (Å²) < 4.78 is 0. The maximum atomic E-state index is 10.4. The molecule has 60 valence electrons. The monoisotopic (exact) mass is 225 g/mol. The fraction of sp³-hybridized carbons (Fsp3) is 0.500. The van der Waals surface area contributed by atoms with Gasteiger partial charge in [-0.15, -0.1) is 12.4 Å². The first-order valence-electron chi connectivity index (χ1n) is 2.85. The number of nitrogens with two attached hydrogens (primary N) is 1.